The fourth-order valence-electron chi connectivity index (χ4n) is 1.96. The van der Waals surface area contributed by atoms with Gasteiger partial charge in [0.1, 0.15) is 11.8 Å². The minimum Gasteiger partial charge on any atom is -0.480 e. The lowest BCUT2D eigenvalue weighted by Crippen LogP contribution is -2.42. The van der Waals surface area contributed by atoms with Gasteiger partial charge in [-0.15, -0.1) is 0 Å². The number of hydrogen-bond donors (Lipinski definition) is 2. The Morgan fingerprint density at radius 1 is 1.36 bits per heavy atom. The van der Waals surface area contributed by atoms with Crippen LogP contribution in [0.15, 0.2) is 40.9 Å². The van der Waals surface area contributed by atoms with Crippen LogP contribution in [0, 0.1) is 6.92 Å². The molecule has 8 heteroatoms. The molecule has 1 atom stereocenters. The number of rotatable bonds is 7. The van der Waals surface area contributed by atoms with Crippen LogP contribution in [0.2, 0.25) is 0 Å². The van der Waals surface area contributed by atoms with Crippen LogP contribution in [0.1, 0.15) is 17.0 Å². The number of carbonyl (C=O) groups is 1. The van der Waals surface area contributed by atoms with E-state index >= 15 is 0 Å². The lowest BCUT2D eigenvalue weighted by atomic mass is 10.1. The molecule has 0 bridgehead atoms. The van der Waals surface area contributed by atoms with E-state index in [1.807, 2.05) is 0 Å². The summed E-state index contributed by atoms with van der Waals surface area (Å²) in [6.45, 7) is 1.67. The molecule has 0 saturated heterocycles. The lowest BCUT2D eigenvalue weighted by molar-refractivity contribution is -0.138. The van der Waals surface area contributed by atoms with Gasteiger partial charge in [-0.1, -0.05) is 35.5 Å². The summed E-state index contributed by atoms with van der Waals surface area (Å²) in [4.78, 5) is 11.3. The number of nitrogens with one attached hydrogen (secondary N) is 1. The highest BCUT2D eigenvalue weighted by Crippen LogP contribution is 2.09. The van der Waals surface area contributed by atoms with Crippen LogP contribution >= 0.6 is 0 Å². The van der Waals surface area contributed by atoms with E-state index in [4.69, 9.17) is 4.52 Å². The zero-order valence-electron chi connectivity index (χ0n) is 11.9. The van der Waals surface area contributed by atoms with E-state index in [2.05, 4.69) is 9.88 Å². The first kappa shape index (κ1) is 16.2. The third-order valence-corrected chi connectivity index (χ3v) is 4.22. The van der Waals surface area contributed by atoms with Crippen molar-refractivity contribution >= 4 is 16.0 Å². The molecule has 0 aliphatic carbocycles. The molecule has 0 radical (unpaired) electrons. The third-order valence-electron chi connectivity index (χ3n) is 2.91. The number of nitrogens with zero attached hydrogens (tertiary/aromatic N) is 1. The first-order valence-electron chi connectivity index (χ1n) is 6.54. The van der Waals surface area contributed by atoms with E-state index in [-0.39, 0.29) is 12.2 Å². The largest absolute Gasteiger partial charge is 0.480 e. The molecule has 0 unspecified atom stereocenters. The van der Waals surface area contributed by atoms with Gasteiger partial charge < -0.3 is 9.63 Å². The minimum absolute atomic E-state index is 0.0604. The second-order valence-corrected chi connectivity index (χ2v) is 6.65. The standard InChI is InChI=1S/C14H16N2O5S/c1-10-7-12(21-15-10)9-22(19,20)16-13(14(17)18)8-11-5-3-2-4-6-11/h2-7,13,16H,8-9H2,1H3,(H,17,18)/t13-/m1/s1. The summed E-state index contributed by atoms with van der Waals surface area (Å²) in [6, 6.07) is 9.06. The number of carboxylic acids is 1. The normalized spacial score (nSPS) is 13.0. The van der Waals surface area contributed by atoms with E-state index in [0.717, 1.165) is 5.56 Å². The van der Waals surface area contributed by atoms with Crippen LogP contribution < -0.4 is 4.72 Å². The van der Waals surface area contributed by atoms with Crippen molar-refractivity contribution in [3.05, 3.63) is 53.4 Å². The van der Waals surface area contributed by atoms with Crippen LogP contribution in [0.25, 0.3) is 0 Å². The summed E-state index contributed by atoms with van der Waals surface area (Å²) in [5.41, 5.74) is 1.29. The number of sulfonamides is 1. The number of hydrogen-bond acceptors (Lipinski definition) is 5. The van der Waals surface area contributed by atoms with Gasteiger partial charge in [0.15, 0.2) is 5.76 Å². The van der Waals surface area contributed by atoms with Gasteiger partial charge in [0.2, 0.25) is 10.0 Å². The Bertz CT molecular complexity index is 740. The SMILES string of the molecule is Cc1cc(CS(=O)(=O)N[C@H](Cc2ccccc2)C(=O)O)on1. The number of aryl methyl sites for hydroxylation is 1. The Kier molecular flexibility index (Phi) is 4.94. The Labute approximate surface area is 128 Å². The summed E-state index contributed by atoms with van der Waals surface area (Å²) in [7, 11) is -3.85. The average molecular weight is 324 g/mol. The molecule has 2 N–H and O–H groups in total. The number of benzene rings is 1. The van der Waals surface area contributed by atoms with Crippen molar-refractivity contribution in [2.75, 3.05) is 0 Å². The Balaban J connectivity index is 2.08. The molecule has 0 aliphatic heterocycles. The molecule has 0 spiro atoms. The maximum Gasteiger partial charge on any atom is 0.322 e. The summed E-state index contributed by atoms with van der Waals surface area (Å²) in [6.07, 6.45) is 0.0604. The monoisotopic (exact) mass is 324 g/mol. The van der Waals surface area contributed by atoms with Crippen molar-refractivity contribution in [3.8, 4) is 0 Å². The number of aromatic nitrogens is 1. The van der Waals surface area contributed by atoms with Crippen LogP contribution in [-0.2, 0) is 27.0 Å². The highest BCUT2D eigenvalue weighted by atomic mass is 32.2. The van der Waals surface area contributed by atoms with Crippen molar-refractivity contribution in [2.45, 2.75) is 25.1 Å². The van der Waals surface area contributed by atoms with Crippen molar-refractivity contribution < 1.29 is 22.8 Å². The minimum atomic E-state index is -3.85. The molecule has 22 heavy (non-hydrogen) atoms. The van der Waals surface area contributed by atoms with Gasteiger partial charge in [-0.05, 0) is 18.9 Å². The Hall–Kier alpha value is -2.19. The van der Waals surface area contributed by atoms with Gasteiger partial charge in [-0.25, -0.2) is 13.1 Å². The Morgan fingerprint density at radius 3 is 2.59 bits per heavy atom. The summed E-state index contributed by atoms with van der Waals surface area (Å²) >= 11 is 0. The molecule has 2 rings (SSSR count). The fraction of sp³-hybridized carbons (Fsp3) is 0.286. The van der Waals surface area contributed by atoms with Crippen LogP contribution in [0.3, 0.4) is 0 Å². The topological polar surface area (TPSA) is 110 Å². The molecule has 118 valence electrons. The second kappa shape index (κ2) is 6.71. The fourth-order valence-corrected chi connectivity index (χ4v) is 3.17. The van der Waals surface area contributed by atoms with Gasteiger partial charge in [0.25, 0.3) is 0 Å². The molecular weight excluding hydrogens is 308 g/mol. The van der Waals surface area contributed by atoms with Crippen LogP contribution in [0.5, 0.6) is 0 Å². The molecule has 2 aromatic rings. The maximum absolute atomic E-state index is 12.1. The van der Waals surface area contributed by atoms with E-state index in [1.54, 1.807) is 37.3 Å². The van der Waals surface area contributed by atoms with Crippen molar-refractivity contribution in [1.29, 1.82) is 0 Å². The predicted molar refractivity (Wildman–Crippen MR) is 78.6 cm³/mol. The average Bonchev–Trinajstić information content (AvgIpc) is 2.83. The maximum atomic E-state index is 12.1. The third kappa shape index (κ3) is 4.68. The highest BCUT2D eigenvalue weighted by molar-refractivity contribution is 7.88. The second-order valence-electron chi connectivity index (χ2n) is 4.89. The van der Waals surface area contributed by atoms with Gasteiger partial charge >= 0.3 is 5.97 Å². The van der Waals surface area contributed by atoms with Crippen molar-refractivity contribution in [3.63, 3.8) is 0 Å². The predicted octanol–water partition coefficient (Wildman–Crippen LogP) is 1.10. The lowest BCUT2D eigenvalue weighted by Gasteiger charge is -2.14. The van der Waals surface area contributed by atoms with Crippen LogP contribution in [0.4, 0.5) is 0 Å². The number of aliphatic carboxylic acids is 1. The van der Waals surface area contributed by atoms with Gasteiger partial charge in [0.05, 0.1) is 5.69 Å². The van der Waals surface area contributed by atoms with Gasteiger partial charge in [0, 0.05) is 6.07 Å². The first-order valence-corrected chi connectivity index (χ1v) is 8.20. The van der Waals surface area contributed by atoms with E-state index in [1.165, 1.54) is 6.07 Å². The zero-order chi connectivity index (χ0) is 16.2. The molecule has 0 fully saturated rings. The van der Waals surface area contributed by atoms with Crippen molar-refractivity contribution in [1.82, 2.24) is 9.88 Å². The van der Waals surface area contributed by atoms with Gasteiger partial charge in [-0.3, -0.25) is 4.79 Å². The first-order chi connectivity index (χ1) is 10.4. The van der Waals surface area contributed by atoms with E-state index in [0.29, 0.717) is 5.69 Å². The highest BCUT2D eigenvalue weighted by Gasteiger charge is 2.25. The molecule has 1 aromatic carbocycles. The molecule has 0 aliphatic rings. The molecule has 0 amide bonds. The van der Waals surface area contributed by atoms with Crippen LogP contribution in [-0.4, -0.2) is 30.7 Å². The summed E-state index contributed by atoms with van der Waals surface area (Å²) in [5.74, 6) is -1.53. The zero-order valence-corrected chi connectivity index (χ0v) is 12.7. The quantitative estimate of drug-likeness (QED) is 0.789. The summed E-state index contributed by atoms with van der Waals surface area (Å²) < 4.78 is 31.1. The Morgan fingerprint density at radius 2 is 2.05 bits per heavy atom. The van der Waals surface area contributed by atoms with E-state index in [9.17, 15) is 18.3 Å². The molecule has 1 heterocycles. The molecule has 1 aromatic heterocycles. The molecular formula is C14H16N2O5S. The molecule has 0 saturated carbocycles. The van der Waals surface area contributed by atoms with Crippen molar-refractivity contribution in [2.24, 2.45) is 0 Å². The molecule has 7 nitrogen and oxygen atoms in total. The smallest absolute Gasteiger partial charge is 0.322 e. The van der Waals surface area contributed by atoms with E-state index < -0.39 is 27.8 Å². The summed E-state index contributed by atoms with van der Waals surface area (Å²) in [5, 5.41) is 12.8. The number of carboxylic acid groups (broad SMARTS) is 1. The van der Waals surface area contributed by atoms with Gasteiger partial charge in [-0.2, -0.15) is 0 Å².